The number of benzene rings is 2. The molecule has 35 heavy (non-hydrogen) atoms. The van der Waals surface area contributed by atoms with Gasteiger partial charge in [0.05, 0.1) is 6.61 Å². The molecule has 2 N–H and O–H groups in total. The van der Waals surface area contributed by atoms with Crippen LogP contribution in [0, 0.1) is 13.8 Å². The van der Waals surface area contributed by atoms with Gasteiger partial charge in [0.2, 0.25) is 12.2 Å². The molecule has 0 aromatic heterocycles. The monoisotopic (exact) mass is 485 g/mol. The number of carbonyl (C=O) groups is 2. The summed E-state index contributed by atoms with van der Waals surface area (Å²) in [6, 6.07) is 14.3. The van der Waals surface area contributed by atoms with E-state index in [2.05, 4.69) is 5.32 Å². The number of ether oxygens (including phenoxy) is 5. The molecule has 9 nitrogen and oxygen atoms in total. The summed E-state index contributed by atoms with van der Waals surface area (Å²) in [6.45, 7) is 6.88. The largest absolute Gasteiger partial charge is 0.479 e. The van der Waals surface area contributed by atoms with E-state index < -0.39 is 49.0 Å². The molecule has 2 aromatic rings. The van der Waals surface area contributed by atoms with E-state index in [9.17, 15) is 14.7 Å². The van der Waals surface area contributed by atoms with E-state index in [1.807, 2.05) is 62.4 Å². The van der Waals surface area contributed by atoms with Gasteiger partial charge in [-0.15, -0.1) is 0 Å². The molecule has 4 rings (SSSR count). The average molecular weight is 486 g/mol. The summed E-state index contributed by atoms with van der Waals surface area (Å²) in [5.41, 5.74) is 2.78. The second-order valence-corrected chi connectivity index (χ2v) is 8.91. The number of hydrogen-bond donors (Lipinski definition) is 2. The molecule has 9 heteroatoms. The molecule has 0 aliphatic carbocycles. The second kappa shape index (κ2) is 10.7. The van der Waals surface area contributed by atoms with Gasteiger partial charge in [0.1, 0.15) is 30.1 Å². The van der Waals surface area contributed by atoms with Crippen LogP contribution in [-0.2, 0) is 28.5 Å². The highest BCUT2D eigenvalue weighted by Crippen LogP contribution is 2.37. The first-order valence-corrected chi connectivity index (χ1v) is 11.6. The Labute approximate surface area is 204 Å². The second-order valence-electron chi connectivity index (χ2n) is 8.91. The molecule has 0 spiro atoms. The summed E-state index contributed by atoms with van der Waals surface area (Å²) in [5, 5.41) is 12.4. The highest BCUT2D eigenvalue weighted by Gasteiger charge is 2.53. The number of aryl methyl sites for hydroxylation is 2. The predicted octanol–water partition coefficient (Wildman–Crippen LogP) is 2.88. The lowest BCUT2D eigenvalue weighted by molar-refractivity contribution is -0.340. The van der Waals surface area contributed by atoms with Crippen LogP contribution >= 0.6 is 0 Å². The zero-order valence-electron chi connectivity index (χ0n) is 20.2. The number of nitrogens with one attached hydrogen (secondary N) is 1. The van der Waals surface area contributed by atoms with Crippen molar-refractivity contribution in [2.24, 2.45) is 0 Å². The Morgan fingerprint density at radius 1 is 1.11 bits per heavy atom. The maximum atomic E-state index is 12.2. The number of aliphatic carboxylic acids is 1. The van der Waals surface area contributed by atoms with E-state index in [-0.39, 0.29) is 12.5 Å². The van der Waals surface area contributed by atoms with Gasteiger partial charge in [0.15, 0.2) is 12.4 Å². The van der Waals surface area contributed by atoms with E-state index in [4.69, 9.17) is 23.7 Å². The molecule has 2 heterocycles. The van der Waals surface area contributed by atoms with Gasteiger partial charge in [-0.05, 0) is 32.4 Å². The number of rotatable bonds is 7. The minimum absolute atomic E-state index is 0.172. The number of carbonyl (C=O) groups excluding carboxylic acids is 1. The first-order chi connectivity index (χ1) is 16.7. The minimum atomic E-state index is -1.15. The quantitative estimate of drug-likeness (QED) is 0.616. The molecule has 0 bridgehead atoms. The van der Waals surface area contributed by atoms with Crippen molar-refractivity contribution in [2.75, 3.05) is 6.61 Å². The average Bonchev–Trinajstić information content (AvgIpc) is 2.82. The SMILES string of the molecule is CC(=O)NC1C(Oc2ccc(C)cc2C)OC2COC(c3ccccc3)OC2C1OC(C)C(=O)O. The first kappa shape index (κ1) is 25.1. The van der Waals surface area contributed by atoms with Gasteiger partial charge < -0.3 is 34.1 Å². The smallest absolute Gasteiger partial charge is 0.332 e. The summed E-state index contributed by atoms with van der Waals surface area (Å²) in [7, 11) is 0. The van der Waals surface area contributed by atoms with Crippen LogP contribution in [0.3, 0.4) is 0 Å². The summed E-state index contributed by atoms with van der Waals surface area (Å²) < 4.78 is 30.6. The van der Waals surface area contributed by atoms with Crippen LogP contribution < -0.4 is 10.1 Å². The third kappa shape index (κ3) is 5.82. The minimum Gasteiger partial charge on any atom is -0.479 e. The molecule has 2 aliphatic heterocycles. The van der Waals surface area contributed by atoms with E-state index >= 15 is 0 Å². The van der Waals surface area contributed by atoms with Crippen LogP contribution in [0.15, 0.2) is 48.5 Å². The number of hydrogen-bond acceptors (Lipinski definition) is 7. The molecular formula is C26H31NO8. The lowest BCUT2D eigenvalue weighted by Crippen LogP contribution is -2.68. The molecule has 2 saturated heterocycles. The van der Waals surface area contributed by atoms with Crippen LogP contribution in [0.1, 0.15) is 36.8 Å². The zero-order chi connectivity index (χ0) is 25.1. The highest BCUT2D eigenvalue weighted by atomic mass is 16.8. The Balaban J connectivity index is 1.66. The molecule has 7 unspecified atom stereocenters. The first-order valence-electron chi connectivity index (χ1n) is 11.6. The van der Waals surface area contributed by atoms with Crippen LogP contribution in [0.2, 0.25) is 0 Å². The molecular weight excluding hydrogens is 454 g/mol. The number of amides is 1. The van der Waals surface area contributed by atoms with Crippen LogP contribution in [0.4, 0.5) is 0 Å². The van der Waals surface area contributed by atoms with Gasteiger partial charge in [0.25, 0.3) is 0 Å². The van der Waals surface area contributed by atoms with Crippen molar-refractivity contribution in [1.29, 1.82) is 0 Å². The lowest BCUT2D eigenvalue weighted by Gasteiger charge is -2.49. The Morgan fingerprint density at radius 2 is 1.86 bits per heavy atom. The van der Waals surface area contributed by atoms with Gasteiger partial charge in [-0.25, -0.2) is 4.79 Å². The van der Waals surface area contributed by atoms with Crippen molar-refractivity contribution in [3.8, 4) is 5.75 Å². The van der Waals surface area contributed by atoms with Crippen LogP contribution in [-0.4, -0.2) is 60.3 Å². The van der Waals surface area contributed by atoms with E-state index in [0.717, 1.165) is 16.7 Å². The normalized spacial score (nSPS) is 29.0. The standard InChI is InChI=1S/C26H31NO8/c1-14-10-11-19(15(2)12-14)33-26-21(27-17(4)28)23(32-16(3)24(29)30)22-20(34-26)13-31-25(35-22)18-8-6-5-7-9-18/h5-12,16,20-23,25-26H,13H2,1-4H3,(H,27,28)(H,29,30). The van der Waals surface area contributed by atoms with E-state index in [1.165, 1.54) is 13.8 Å². The molecule has 2 aromatic carbocycles. The van der Waals surface area contributed by atoms with E-state index in [0.29, 0.717) is 5.75 Å². The van der Waals surface area contributed by atoms with Gasteiger partial charge in [0, 0.05) is 12.5 Å². The van der Waals surface area contributed by atoms with Gasteiger partial charge in [-0.3, -0.25) is 4.79 Å². The van der Waals surface area contributed by atoms with Crippen LogP contribution in [0.25, 0.3) is 0 Å². The fourth-order valence-corrected chi connectivity index (χ4v) is 4.35. The molecule has 0 radical (unpaired) electrons. The predicted molar refractivity (Wildman–Crippen MR) is 125 cm³/mol. The third-order valence-electron chi connectivity index (χ3n) is 6.06. The molecule has 2 aliphatic rings. The maximum absolute atomic E-state index is 12.2. The Kier molecular flexibility index (Phi) is 7.71. The van der Waals surface area contributed by atoms with Gasteiger partial charge in [-0.1, -0.05) is 48.0 Å². The highest BCUT2D eigenvalue weighted by molar-refractivity contribution is 5.73. The summed E-state index contributed by atoms with van der Waals surface area (Å²) >= 11 is 0. The number of carboxylic acid groups (broad SMARTS) is 1. The van der Waals surface area contributed by atoms with Crippen molar-refractivity contribution in [2.45, 2.75) is 70.7 Å². The van der Waals surface area contributed by atoms with E-state index in [1.54, 1.807) is 0 Å². The lowest BCUT2D eigenvalue weighted by atomic mass is 9.95. The zero-order valence-corrected chi connectivity index (χ0v) is 20.2. The Morgan fingerprint density at radius 3 is 2.51 bits per heavy atom. The fraction of sp³-hybridized carbons (Fsp3) is 0.462. The molecule has 1 amide bonds. The maximum Gasteiger partial charge on any atom is 0.332 e. The molecule has 2 fully saturated rings. The summed E-state index contributed by atoms with van der Waals surface area (Å²) in [6.07, 6.45) is -5.02. The Bertz CT molecular complexity index is 1040. The molecule has 188 valence electrons. The fourth-order valence-electron chi connectivity index (χ4n) is 4.35. The number of carboxylic acids is 1. The number of fused-ring (bicyclic) bond motifs is 1. The van der Waals surface area contributed by atoms with Crippen molar-refractivity contribution in [3.05, 3.63) is 65.2 Å². The van der Waals surface area contributed by atoms with Crippen molar-refractivity contribution >= 4 is 11.9 Å². The topological polar surface area (TPSA) is 113 Å². The van der Waals surface area contributed by atoms with Crippen molar-refractivity contribution in [3.63, 3.8) is 0 Å². The summed E-state index contributed by atoms with van der Waals surface area (Å²) in [4.78, 5) is 23.8. The van der Waals surface area contributed by atoms with Gasteiger partial charge in [-0.2, -0.15) is 0 Å². The Hall–Kier alpha value is -2.98. The molecule has 0 saturated carbocycles. The van der Waals surface area contributed by atoms with Crippen molar-refractivity contribution < 1.29 is 38.4 Å². The summed E-state index contributed by atoms with van der Waals surface area (Å²) in [5.74, 6) is -0.887. The third-order valence-corrected chi connectivity index (χ3v) is 6.06. The molecule has 7 atom stereocenters. The van der Waals surface area contributed by atoms with Gasteiger partial charge >= 0.3 is 5.97 Å². The van der Waals surface area contributed by atoms with Crippen LogP contribution in [0.5, 0.6) is 5.75 Å². The van der Waals surface area contributed by atoms with Crippen molar-refractivity contribution in [1.82, 2.24) is 5.32 Å².